The molecule has 122 valence electrons. The Bertz CT molecular complexity index is 642. The van der Waals surface area contributed by atoms with Gasteiger partial charge < -0.3 is 9.47 Å². The van der Waals surface area contributed by atoms with Crippen molar-refractivity contribution in [1.29, 1.82) is 0 Å². The van der Waals surface area contributed by atoms with Gasteiger partial charge in [-0.15, -0.1) is 0 Å². The second-order valence-corrected chi connectivity index (χ2v) is 5.80. The van der Waals surface area contributed by atoms with Crippen LogP contribution in [0.1, 0.15) is 41.6 Å². The average molecular weight is 315 g/mol. The highest BCUT2D eigenvalue weighted by molar-refractivity contribution is 5.91. The molecule has 0 N–H and O–H groups in total. The number of aromatic nitrogens is 3. The molecule has 1 saturated carbocycles. The molecule has 1 aromatic carbocycles. The summed E-state index contributed by atoms with van der Waals surface area (Å²) in [6, 6.07) is 7.47. The third-order valence-corrected chi connectivity index (χ3v) is 4.22. The van der Waals surface area contributed by atoms with Crippen LogP contribution in [-0.4, -0.2) is 40.1 Å². The Kier molecular flexibility index (Phi) is 5.02. The molecule has 0 saturated heterocycles. The summed E-state index contributed by atoms with van der Waals surface area (Å²) in [5, 5.41) is 4.09. The lowest BCUT2D eigenvalue weighted by Crippen LogP contribution is -2.29. The van der Waals surface area contributed by atoms with E-state index in [4.69, 9.17) is 9.47 Å². The Balaban J connectivity index is 1.69. The van der Waals surface area contributed by atoms with Gasteiger partial charge in [0.15, 0.2) is 0 Å². The number of carbonyl (C=O) groups excluding carboxylic acids is 1. The number of rotatable bonds is 5. The van der Waals surface area contributed by atoms with Gasteiger partial charge in [0.25, 0.3) is 0 Å². The fourth-order valence-electron chi connectivity index (χ4n) is 2.98. The summed E-state index contributed by atoms with van der Waals surface area (Å²) >= 11 is 0. The largest absolute Gasteiger partial charge is 0.459 e. The molecule has 23 heavy (non-hydrogen) atoms. The number of esters is 1. The van der Waals surface area contributed by atoms with Crippen LogP contribution in [0.25, 0.3) is 0 Å². The number of nitrogens with zero attached hydrogens (tertiary/aromatic N) is 3. The van der Waals surface area contributed by atoms with E-state index in [2.05, 4.69) is 10.1 Å². The van der Waals surface area contributed by atoms with E-state index in [1.807, 2.05) is 18.2 Å². The molecule has 6 heteroatoms. The number of hydrogen-bond acceptors (Lipinski definition) is 5. The molecule has 1 aliphatic rings. The minimum Gasteiger partial charge on any atom is -0.459 e. The highest BCUT2D eigenvalue weighted by Gasteiger charge is 2.25. The predicted molar refractivity (Wildman–Crippen MR) is 84.0 cm³/mol. The van der Waals surface area contributed by atoms with Gasteiger partial charge in [-0.1, -0.05) is 18.2 Å². The Labute approximate surface area is 135 Å². The maximum absolute atomic E-state index is 12.5. The molecule has 3 rings (SSSR count). The SMILES string of the molecule is CO[C@@H]1CCC[C@H](OC(=O)c2ccccc2Cn2cncn2)C1. The van der Waals surface area contributed by atoms with E-state index >= 15 is 0 Å². The molecular weight excluding hydrogens is 294 g/mol. The van der Waals surface area contributed by atoms with Crippen molar-refractivity contribution in [3.8, 4) is 0 Å². The molecule has 6 nitrogen and oxygen atoms in total. The van der Waals surface area contributed by atoms with E-state index in [-0.39, 0.29) is 18.2 Å². The van der Waals surface area contributed by atoms with E-state index in [0.717, 1.165) is 31.2 Å². The van der Waals surface area contributed by atoms with E-state index in [1.54, 1.807) is 24.2 Å². The summed E-state index contributed by atoms with van der Waals surface area (Å²) in [5.74, 6) is -0.275. The number of benzene rings is 1. The molecule has 0 radical (unpaired) electrons. The van der Waals surface area contributed by atoms with Crippen LogP contribution in [0.15, 0.2) is 36.9 Å². The van der Waals surface area contributed by atoms with Gasteiger partial charge in [-0.2, -0.15) is 5.10 Å². The van der Waals surface area contributed by atoms with Gasteiger partial charge in [0.05, 0.1) is 18.2 Å². The molecule has 0 aliphatic heterocycles. The topological polar surface area (TPSA) is 66.2 Å². The van der Waals surface area contributed by atoms with Gasteiger partial charge >= 0.3 is 5.97 Å². The smallest absolute Gasteiger partial charge is 0.338 e. The maximum Gasteiger partial charge on any atom is 0.338 e. The standard InChI is InChI=1S/C17H21N3O3/c1-22-14-6-4-7-15(9-14)23-17(21)16-8-3-2-5-13(16)10-20-12-18-11-19-20/h2-3,5,8,11-12,14-15H,4,6-7,9-10H2,1H3/t14-,15+/m1/s1. The summed E-state index contributed by atoms with van der Waals surface area (Å²) < 4.78 is 12.8. The van der Waals surface area contributed by atoms with Crippen molar-refractivity contribution in [3.05, 3.63) is 48.0 Å². The minimum atomic E-state index is -0.275. The van der Waals surface area contributed by atoms with Crippen molar-refractivity contribution in [2.24, 2.45) is 0 Å². The Morgan fingerprint density at radius 2 is 2.13 bits per heavy atom. The number of methoxy groups -OCH3 is 1. The highest BCUT2D eigenvalue weighted by atomic mass is 16.5. The predicted octanol–water partition coefficient (Wildman–Crippen LogP) is 2.44. The minimum absolute atomic E-state index is 0.0689. The van der Waals surface area contributed by atoms with E-state index in [1.165, 1.54) is 6.33 Å². The Morgan fingerprint density at radius 1 is 1.30 bits per heavy atom. The first-order valence-electron chi connectivity index (χ1n) is 7.90. The van der Waals surface area contributed by atoms with Crippen LogP contribution < -0.4 is 0 Å². The molecular formula is C17H21N3O3. The van der Waals surface area contributed by atoms with Crippen molar-refractivity contribution in [3.63, 3.8) is 0 Å². The molecule has 2 aromatic rings. The first-order chi connectivity index (χ1) is 11.3. The summed E-state index contributed by atoms with van der Waals surface area (Å²) in [6.45, 7) is 0.497. The fourth-order valence-corrected chi connectivity index (χ4v) is 2.98. The third kappa shape index (κ3) is 3.96. The summed E-state index contributed by atoms with van der Waals surface area (Å²) in [4.78, 5) is 16.5. The Morgan fingerprint density at radius 3 is 2.91 bits per heavy atom. The zero-order chi connectivity index (χ0) is 16.1. The molecule has 1 heterocycles. The quantitative estimate of drug-likeness (QED) is 0.793. The number of ether oxygens (including phenoxy) is 2. The fraction of sp³-hybridized carbons (Fsp3) is 0.471. The van der Waals surface area contributed by atoms with Crippen LogP contribution in [0, 0.1) is 0 Å². The maximum atomic E-state index is 12.5. The van der Waals surface area contributed by atoms with Gasteiger partial charge in [0.1, 0.15) is 18.8 Å². The van der Waals surface area contributed by atoms with Crippen LogP contribution in [0.2, 0.25) is 0 Å². The lowest BCUT2D eigenvalue weighted by molar-refractivity contribution is -0.0150. The van der Waals surface area contributed by atoms with E-state index < -0.39 is 0 Å². The lowest BCUT2D eigenvalue weighted by Gasteiger charge is -2.28. The van der Waals surface area contributed by atoms with Crippen LogP contribution in [0.3, 0.4) is 0 Å². The second-order valence-electron chi connectivity index (χ2n) is 5.80. The molecule has 2 atom stereocenters. The molecule has 0 bridgehead atoms. The molecule has 0 spiro atoms. The van der Waals surface area contributed by atoms with Crippen LogP contribution in [0.5, 0.6) is 0 Å². The van der Waals surface area contributed by atoms with Crippen molar-refractivity contribution in [1.82, 2.24) is 14.8 Å². The summed E-state index contributed by atoms with van der Waals surface area (Å²) in [5.41, 5.74) is 1.46. The summed E-state index contributed by atoms with van der Waals surface area (Å²) in [7, 11) is 1.71. The summed E-state index contributed by atoms with van der Waals surface area (Å²) in [6.07, 6.45) is 6.96. The van der Waals surface area contributed by atoms with Gasteiger partial charge in [-0.05, 0) is 30.9 Å². The van der Waals surface area contributed by atoms with Crippen LogP contribution in [-0.2, 0) is 16.0 Å². The average Bonchev–Trinajstić information content (AvgIpc) is 3.08. The zero-order valence-electron chi connectivity index (χ0n) is 13.2. The van der Waals surface area contributed by atoms with Gasteiger partial charge in [-0.25, -0.2) is 14.5 Å². The van der Waals surface area contributed by atoms with E-state index in [9.17, 15) is 4.79 Å². The Hall–Kier alpha value is -2.21. The zero-order valence-corrected chi connectivity index (χ0v) is 13.2. The lowest BCUT2D eigenvalue weighted by atomic mass is 9.95. The van der Waals surface area contributed by atoms with Crippen molar-refractivity contribution >= 4 is 5.97 Å². The van der Waals surface area contributed by atoms with Gasteiger partial charge in [-0.3, -0.25) is 0 Å². The van der Waals surface area contributed by atoms with Gasteiger partial charge in [0.2, 0.25) is 0 Å². The molecule has 0 unspecified atom stereocenters. The second kappa shape index (κ2) is 7.37. The van der Waals surface area contributed by atoms with Crippen molar-refractivity contribution in [2.45, 2.75) is 44.4 Å². The normalized spacial score (nSPS) is 21.1. The first-order valence-corrected chi connectivity index (χ1v) is 7.90. The van der Waals surface area contributed by atoms with Crippen molar-refractivity contribution in [2.75, 3.05) is 7.11 Å². The molecule has 1 aliphatic carbocycles. The van der Waals surface area contributed by atoms with Crippen LogP contribution in [0.4, 0.5) is 0 Å². The monoisotopic (exact) mass is 315 g/mol. The number of carbonyl (C=O) groups is 1. The van der Waals surface area contributed by atoms with E-state index in [0.29, 0.717) is 12.1 Å². The third-order valence-electron chi connectivity index (χ3n) is 4.22. The molecule has 1 fully saturated rings. The van der Waals surface area contributed by atoms with Gasteiger partial charge in [0, 0.05) is 13.5 Å². The highest BCUT2D eigenvalue weighted by Crippen LogP contribution is 2.24. The molecule has 1 aromatic heterocycles. The van der Waals surface area contributed by atoms with Crippen molar-refractivity contribution < 1.29 is 14.3 Å². The molecule has 0 amide bonds. The first kappa shape index (κ1) is 15.7. The van der Waals surface area contributed by atoms with Crippen LogP contribution >= 0.6 is 0 Å². The number of hydrogen-bond donors (Lipinski definition) is 0.